The summed E-state index contributed by atoms with van der Waals surface area (Å²) in [6.45, 7) is 8.45. The summed E-state index contributed by atoms with van der Waals surface area (Å²) in [7, 11) is 0. The monoisotopic (exact) mass is 361 g/mol. The van der Waals surface area contributed by atoms with Crippen LogP contribution >= 0.6 is 11.3 Å². The Bertz CT molecular complexity index is 695. The van der Waals surface area contributed by atoms with Crippen molar-refractivity contribution in [3.63, 3.8) is 0 Å². The van der Waals surface area contributed by atoms with E-state index in [0.29, 0.717) is 13.1 Å². The Hall–Kier alpha value is -1.79. The van der Waals surface area contributed by atoms with Crippen LogP contribution in [0.4, 0.5) is 10.5 Å². The van der Waals surface area contributed by atoms with Gasteiger partial charge in [0.2, 0.25) is 0 Å². The van der Waals surface area contributed by atoms with Crippen molar-refractivity contribution in [3.8, 4) is 0 Å². The lowest BCUT2D eigenvalue weighted by atomic mass is 10.1. The topological polar surface area (TPSA) is 47.0 Å². The molecular formula is C19H27N3O2S. The van der Waals surface area contributed by atoms with E-state index in [1.807, 2.05) is 6.92 Å². The number of thiophene rings is 1. The molecule has 2 heterocycles. The molecule has 1 N–H and O–H groups in total. The van der Waals surface area contributed by atoms with E-state index >= 15 is 0 Å². The van der Waals surface area contributed by atoms with Gasteiger partial charge in [0.05, 0.1) is 0 Å². The average molecular weight is 362 g/mol. The summed E-state index contributed by atoms with van der Waals surface area (Å²) in [6, 6.07) is 8.80. The molecule has 5 nitrogen and oxygen atoms in total. The van der Waals surface area contributed by atoms with Gasteiger partial charge in [-0.2, -0.15) is 0 Å². The van der Waals surface area contributed by atoms with Crippen LogP contribution in [0.25, 0.3) is 10.1 Å². The van der Waals surface area contributed by atoms with Crippen LogP contribution in [0.3, 0.4) is 0 Å². The zero-order valence-electron chi connectivity index (χ0n) is 14.9. The molecule has 1 aromatic heterocycles. The Labute approximate surface area is 153 Å². The van der Waals surface area contributed by atoms with Crippen molar-refractivity contribution in [3.05, 3.63) is 29.6 Å². The first-order valence-corrected chi connectivity index (χ1v) is 9.98. The number of nitrogens with zero attached hydrogens (tertiary/aromatic N) is 3. The van der Waals surface area contributed by atoms with Crippen LogP contribution in [0.15, 0.2) is 29.6 Å². The third-order valence-electron chi connectivity index (χ3n) is 4.99. The molecule has 0 radical (unpaired) electrons. The van der Waals surface area contributed by atoms with Gasteiger partial charge in [-0.3, -0.25) is 4.90 Å². The summed E-state index contributed by atoms with van der Waals surface area (Å²) >= 11 is 1.80. The summed E-state index contributed by atoms with van der Waals surface area (Å²) in [5, 5.41) is 12.6. The van der Waals surface area contributed by atoms with Crippen molar-refractivity contribution >= 4 is 33.2 Å². The van der Waals surface area contributed by atoms with E-state index in [4.69, 9.17) is 5.11 Å². The van der Waals surface area contributed by atoms with Crippen molar-refractivity contribution in [1.82, 2.24) is 9.80 Å². The second-order valence-electron chi connectivity index (χ2n) is 6.51. The summed E-state index contributed by atoms with van der Waals surface area (Å²) in [5.41, 5.74) is 1.36. The Morgan fingerprint density at radius 3 is 2.72 bits per heavy atom. The highest BCUT2D eigenvalue weighted by Crippen LogP contribution is 2.31. The Kier molecular flexibility index (Phi) is 6.15. The maximum atomic E-state index is 11.0. The SMILES string of the molecule is CCN(CCCCN1CCN(c2cccc3sccc23)CC1)C(=O)O. The number of hydrogen-bond acceptors (Lipinski definition) is 4. The maximum Gasteiger partial charge on any atom is 0.407 e. The van der Waals surface area contributed by atoms with E-state index in [-0.39, 0.29) is 0 Å². The molecule has 1 aliphatic rings. The number of fused-ring (bicyclic) bond motifs is 1. The van der Waals surface area contributed by atoms with Crippen molar-refractivity contribution in [2.75, 3.05) is 50.7 Å². The molecule has 1 saturated heterocycles. The normalized spacial score (nSPS) is 15.6. The molecule has 0 unspecified atom stereocenters. The highest BCUT2D eigenvalue weighted by atomic mass is 32.1. The van der Waals surface area contributed by atoms with E-state index in [9.17, 15) is 4.79 Å². The third kappa shape index (κ3) is 4.44. The molecular weight excluding hydrogens is 334 g/mol. The minimum atomic E-state index is -0.807. The highest BCUT2D eigenvalue weighted by Gasteiger charge is 2.18. The van der Waals surface area contributed by atoms with Gasteiger partial charge < -0.3 is 14.9 Å². The predicted molar refractivity (Wildman–Crippen MR) is 105 cm³/mol. The molecule has 0 aliphatic carbocycles. The second-order valence-corrected chi connectivity index (χ2v) is 7.46. The molecule has 6 heteroatoms. The molecule has 0 atom stereocenters. The minimum absolute atomic E-state index is 0.572. The van der Waals surface area contributed by atoms with Gasteiger partial charge in [0, 0.05) is 55.0 Å². The fourth-order valence-corrected chi connectivity index (χ4v) is 4.30. The third-order valence-corrected chi connectivity index (χ3v) is 5.87. The quantitative estimate of drug-likeness (QED) is 0.762. The lowest BCUT2D eigenvalue weighted by Gasteiger charge is -2.36. The van der Waals surface area contributed by atoms with E-state index in [1.54, 1.807) is 11.3 Å². The fraction of sp³-hybridized carbons (Fsp3) is 0.526. The lowest BCUT2D eigenvalue weighted by Crippen LogP contribution is -2.46. The number of hydrogen-bond donors (Lipinski definition) is 1. The smallest absolute Gasteiger partial charge is 0.407 e. The van der Waals surface area contributed by atoms with E-state index in [2.05, 4.69) is 39.4 Å². The first-order valence-electron chi connectivity index (χ1n) is 9.10. The van der Waals surface area contributed by atoms with Crippen LogP contribution in [-0.2, 0) is 0 Å². The number of piperazine rings is 1. The fourth-order valence-electron chi connectivity index (χ4n) is 3.49. The van der Waals surface area contributed by atoms with Gasteiger partial charge in [-0.25, -0.2) is 4.79 Å². The van der Waals surface area contributed by atoms with Crippen LogP contribution in [0.1, 0.15) is 19.8 Å². The molecule has 136 valence electrons. The number of amides is 1. The van der Waals surface area contributed by atoms with Gasteiger partial charge in [-0.15, -0.1) is 11.3 Å². The Morgan fingerprint density at radius 1 is 1.20 bits per heavy atom. The van der Waals surface area contributed by atoms with E-state index in [0.717, 1.165) is 45.6 Å². The van der Waals surface area contributed by atoms with Crippen LogP contribution in [0, 0.1) is 0 Å². The van der Waals surface area contributed by atoms with Gasteiger partial charge in [-0.05, 0) is 49.9 Å². The Balaban J connectivity index is 1.43. The summed E-state index contributed by atoms with van der Waals surface area (Å²) in [5.74, 6) is 0. The first kappa shape index (κ1) is 18.0. The number of benzene rings is 1. The minimum Gasteiger partial charge on any atom is -0.465 e. The highest BCUT2D eigenvalue weighted by molar-refractivity contribution is 7.17. The largest absolute Gasteiger partial charge is 0.465 e. The van der Waals surface area contributed by atoms with Crippen LogP contribution in [-0.4, -0.2) is 66.8 Å². The van der Waals surface area contributed by atoms with Crippen LogP contribution in [0.5, 0.6) is 0 Å². The zero-order valence-corrected chi connectivity index (χ0v) is 15.7. The first-order chi connectivity index (χ1) is 12.2. The molecule has 0 spiro atoms. The van der Waals surface area contributed by atoms with Gasteiger partial charge in [-0.1, -0.05) is 6.07 Å². The predicted octanol–water partition coefficient (Wildman–Crippen LogP) is 3.80. The summed E-state index contributed by atoms with van der Waals surface area (Å²) in [4.78, 5) is 17.5. The number of carboxylic acid groups (broad SMARTS) is 1. The molecule has 2 aromatic rings. The van der Waals surface area contributed by atoms with Gasteiger partial charge in [0.25, 0.3) is 0 Å². The summed E-state index contributed by atoms with van der Waals surface area (Å²) in [6.07, 6.45) is 1.19. The number of rotatable bonds is 7. The van der Waals surface area contributed by atoms with Crippen molar-refractivity contribution in [2.45, 2.75) is 19.8 Å². The van der Waals surface area contributed by atoms with Gasteiger partial charge in [0.15, 0.2) is 0 Å². The standard InChI is InChI=1S/C19H27N3O2S/c1-2-21(19(23)24)10-4-3-9-20-11-13-22(14-12-20)17-6-5-7-18-16(17)8-15-25-18/h5-8,15H,2-4,9-14H2,1H3,(H,23,24). The number of carbonyl (C=O) groups is 1. The molecule has 0 bridgehead atoms. The molecule has 3 rings (SSSR count). The Morgan fingerprint density at radius 2 is 2.00 bits per heavy atom. The van der Waals surface area contributed by atoms with Crippen LogP contribution < -0.4 is 4.90 Å². The summed E-state index contributed by atoms with van der Waals surface area (Å²) < 4.78 is 1.36. The molecule has 1 amide bonds. The van der Waals surface area contributed by atoms with Crippen molar-refractivity contribution in [1.29, 1.82) is 0 Å². The molecule has 1 fully saturated rings. The van der Waals surface area contributed by atoms with Crippen molar-refractivity contribution in [2.24, 2.45) is 0 Å². The van der Waals surface area contributed by atoms with Gasteiger partial charge in [0.1, 0.15) is 0 Å². The molecule has 1 aromatic carbocycles. The van der Waals surface area contributed by atoms with E-state index in [1.165, 1.54) is 20.7 Å². The molecule has 25 heavy (non-hydrogen) atoms. The zero-order chi connectivity index (χ0) is 17.6. The second kappa shape index (κ2) is 8.54. The van der Waals surface area contributed by atoms with Crippen molar-refractivity contribution < 1.29 is 9.90 Å². The number of unbranched alkanes of at least 4 members (excludes halogenated alkanes) is 1. The number of anilines is 1. The maximum absolute atomic E-state index is 11.0. The lowest BCUT2D eigenvalue weighted by molar-refractivity contribution is 0.146. The van der Waals surface area contributed by atoms with Gasteiger partial charge >= 0.3 is 6.09 Å². The van der Waals surface area contributed by atoms with Crippen LogP contribution in [0.2, 0.25) is 0 Å². The molecule has 1 aliphatic heterocycles. The molecule has 0 saturated carbocycles. The average Bonchev–Trinajstić information content (AvgIpc) is 3.11. The van der Waals surface area contributed by atoms with E-state index < -0.39 is 6.09 Å².